The molecule has 0 aliphatic heterocycles. The van der Waals surface area contributed by atoms with Gasteiger partial charge in [-0.25, -0.2) is 0 Å². The molecule has 0 aliphatic carbocycles. The molecule has 0 unspecified atom stereocenters. The molecule has 0 aliphatic rings. The summed E-state index contributed by atoms with van der Waals surface area (Å²) < 4.78 is 0. The van der Waals surface area contributed by atoms with Crippen LogP contribution in [0.5, 0.6) is 0 Å². The van der Waals surface area contributed by atoms with E-state index in [9.17, 15) is 4.79 Å². The number of hydrogen-bond donors (Lipinski definition) is 2. The molecule has 0 saturated heterocycles. The molecule has 0 bridgehead atoms. The number of rotatable bonds is 4. The molecule has 1 aromatic heterocycles. The molecule has 1 heterocycles. The average Bonchev–Trinajstić information content (AvgIpc) is 2.68. The summed E-state index contributed by atoms with van der Waals surface area (Å²) in [6, 6.07) is 7.92. The second-order valence-corrected chi connectivity index (χ2v) is 3.47. The van der Waals surface area contributed by atoms with E-state index in [4.69, 9.17) is 5.11 Å². The lowest BCUT2D eigenvalue weighted by Crippen LogP contribution is -1.96. The number of H-pyrrole nitrogens is 1. The van der Waals surface area contributed by atoms with Crippen LogP contribution >= 0.6 is 0 Å². The maximum Gasteiger partial charge on any atom is 0.305 e. The minimum absolute atomic E-state index is 0.0683. The predicted molar refractivity (Wildman–Crippen MR) is 63.0 cm³/mol. The summed E-state index contributed by atoms with van der Waals surface area (Å²) in [6.45, 7) is 0.314. The molecule has 4 heteroatoms. The maximum absolute atomic E-state index is 10.3. The standard InChI is InChI=1S/C12H12N2O2/c15-12(16)5-6-13-7-9-8-14-11-4-2-1-3-10(9)11/h1-4,7-8,14H,5-6H2,(H,15,16). The van der Waals surface area contributed by atoms with E-state index >= 15 is 0 Å². The van der Waals surface area contributed by atoms with Crippen LogP contribution in [0.3, 0.4) is 0 Å². The van der Waals surface area contributed by atoms with Crippen LogP contribution in [-0.4, -0.2) is 28.8 Å². The second-order valence-electron chi connectivity index (χ2n) is 3.47. The molecular formula is C12H12N2O2. The van der Waals surface area contributed by atoms with E-state index in [2.05, 4.69) is 9.98 Å². The Balaban J connectivity index is 2.12. The fourth-order valence-corrected chi connectivity index (χ4v) is 1.52. The van der Waals surface area contributed by atoms with Crippen molar-refractivity contribution in [3.8, 4) is 0 Å². The number of aliphatic imine (C=N–C) groups is 1. The van der Waals surface area contributed by atoms with Gasteiger partial charge < -0.3 is 10.1 Å². The molecule has 1 aromatic carbocycles. The molecule has 4 nitrogen and oxygen atoms in total. The summed E-state index contributed by atoms with van der Waals surface area (Å²) in [5.41, 5.74) is 2.04. The van der Waals surface area contributed by atoms with E-state index in [-0.39, 0.29) is 6.42 Å². The summed E-state index contributed by atoms with van der Waals surface area (Å²) in [5.74, 6) is -0.823. The number of carbonyl (C=O) groups is 1. The Kier molecular flexibility index (Phi) is 3.00. The molecule has 0 spiro atoms. The normalized spacial score (nSPS) is 11.2. The Morgan fingerprint density at radius 1 is 1.44 bits per heavy atom. The molecule has 82 valence electrons. The van der Waals surface area contributed by atoms with E-state index in [1.165, 1.54) is 0 Å². The molecule has 0 radical (unpaired) electrons. The molecule has 2 rings (SSSR count). The lowest BCUT2D eigenvalue weighted by Gasteiger charge is -1.91. The number of benzene rings is 1. The number of aromatic nitrogens is 1. The largest absolute Gasteiger partial charge is 0.481 e. The fourth-order valence-electron chi connectivity index (χ4n) is 1.52. The van der Waals surface area contributed by atoms with Gasteiger partial charge in [0.05, 0.1) is 6.42 Å². The first-order valence-electron chi connectivity index (χ1n) is 5.05. The first kappa shape index (κ1) is 10.4. The van der Waals surface area contributed by atoms with Crippen LogP contribution in [0, 0.1) is 0 Å². The minimum Gasteiger partial charge on any atom is -0.481 e. The van der Waals surface area contributed by atoms with Crippen molar-refractivity contribution in [2.24, 2.45) is 4.99 Å². The average molecular weight is 216 g/mol. The highest BCUT2D eigenvalue weighted by Crippen LogP contribution is 2.15. The first-order valence-corrected chi connectivity index (χ1v) is 5.05. The summed E-state index contributed by atoms with van der Waals surface area (Å²) in [7, 11) is 0. The number of hydrogen-bond acceptors (Lipinski definition) is 2. The Morgan fingerprint density at radius 3 is 3.06 bits per heavy atom. The number of aromatic amines is 1. The van der Waals surface area contributed by atoms with Crippen LogP contribution in [0.1, 0.15) is 12.0 Å². The van der Waals surface area contributed by atoms with Gasteiger partial charge in [0.25, 0.3) is 0 Å². The van der Waals surface area contributed by atoms with Crippen molar-refractivity contribution in [2.75, 3.05) is 6.54 Å². The minimum atomic E-state index is -0.823. The van der Waals surface area contributed by atoms with Gasteiger partial charge in [0, 0.05) is 35.4 Å². The molecule has 0 saturated carbocycles. The van der Waals surface area contributed by atoms with Crippen LogP contribution in [0.15, 0.2) is 35.5 Å². The van der Waals surface area contributed by atoms with Gasteiger partial charge in [-0.2, -0.15) is 0 Å². The smallest absolute Gasteiger partial charge is 0.305 e. The highest BCUT2D eigenvalue weighted by atomic mass is 16.4. The van der Waals surface area contributed by atoms with E-state index in [1.54, 1.807) is 6.21 Å². The molecule has 0 amide bonds. The fraction of sp³-hybridized carbons (Fsp3) is 0.167. The summed E-state index contributed by atoms with van der Waals surface area (Å²) in [6.07, 6.45) is 3.65. The summed E-state index contributed by atoms with van der Waals surface area (Å²) in [4.78, 5) is 17.5. The quantitative estimate of drug-likeness (QED) is 0.768. The zero-order valence-corrected chi connectivity index (χ0v) is 8.68. The van der Waals surface area contributed by atoms with E-state index in [1.807, 2.05) is 30.5 Å². The van der Waals surface area contributed by atoms with E-state index in [0.717, 1.165) is 16.5 Å². The highest BCUT2D eigenvalue weighted by Gasteiger charge is 1.99. The zero-order chi connectivity index (χ0) is 11.4. The van der Waals surface area contributed by atoms with Gasteiger partial charge in [-0.3, -0.25) is 9.79 Å². The van der Waals surface area contributed by atoms with Gasteiger partial charge in [-0.15, -0.1) is 0 Å². The molecule has 2 aromatic rings. The van der Waals surface area contributed by atoms with Crippen molar-refractivity contribution in [3.05, 3.63) is 36.0 Å². The lowest BCUT2D eigenvalue weighted by molar-refractivity contribution is -0.136. The molecule has 16 heavy (non-hydrogen) atoms. The predicted octanol–water partition coefficient (Wildman–Crippen LogP) is 2.06. The van der Waals surface area contributed by atoms with Crippen LogP contribution in [0.25, 0.3) is 10.9 Å². The summed E-state index contributed by atoms with van der Waals surface area (Å²) in [5, 5.41) is 9.56. The van der Waals surface area contributed by atoms with Gasteiger partial charge in [-0.05, 0) is 6.07 Å². The van der Waals surface area contributed by atoms with Crippen LogP contribution in [-0.2, 0) is 4.79 Å². The van der Waals surface area contributed by atoms with Crippen LogP contribution < -0.4 is 0 Å². The number of fused-ring (bicyclic) bond motifs is 1. The Hall–Kier alpha value is -2.10. The third kappa shape index (κ3) is 2.28. The van der Waals surface area contributed by atoms with Crippen LogP contribution in [0.4, 0.5) is 0 Å². The Morgan fingerprint density at radius 2 is 2.25 bits per heavy atom. The van der Waals surface area contributed by atoms with E-state index < -0.39 is 5.97 Å². The van der Waals surface area contributed by atoms with Crippen molar-refractivity contribution in [1.29, 1.82) is 0 Å². The lowest BCUT2D eigenvalue weighted by atomic mass is 10.2. The van der Waals surface area contributed by atoms with Gasteiger partial charge in [0.1, 0.15) is 0 Å². The van der Waals surface area contributed by atoms with Gasteiger partial charge in [-0.1, -0.05) is 18.2 Å². The van der Waals surface area contributed by atoms with Gasteiger partial charge in [0.15, 0.2) is 0 Å². The van der Waals surface area contributed by atoms with Gasteiger partial charge >= 0.3 is 5.97 Å². The number of carboxylic acids is 1. The van der Waals surface area contributed by atoms with Crippen molar-refractivity contribution in [1.82, 2.24) is 4.98 Å². The van der Waals surface area contributed by atoms with Crippen molar-refractivity contribution in [2.45, 2.75) is 6.42 Å². The third-order valence-corrected chi connectivity index (χ3v) is 2.31. The molecular weight excluding hydrogens is 204 g/mol. The molecule has 2 N–H and O–H groups in total. The van der Waals surface area contributed by atoms with Crippen molar-refractivity contribution < 1.29 is 9.90 Å². The first-order chi connectivity index (χ1) is 7.77. The second kappa shape index (κ2) is 4.61. The Bertz CT molecular complexity index is 529. The molecule has 0 atom stereocenters. The van der Waals surface area contributed by atoms with Crippen molar-refractivity contribution in [3.63, 3.8) is 0 Å². The highest BCUT2D eigenvalue weighted by molar-refractivity contribution is 5.98. The van der Waals surface area contributed by atoms with E-state index in [0.29, 0.717) is 6.54 Å². The number of nitrogens with one attached hydrogen (secondary N) is 1. The number of carboxylic acid groups (broad SMARTS) is 1. The molecule has 0 fully saturated rings. The Labute approximate surface area is 92.6 Å². The maximum atomic E-state index is 10.3. The monoisotopic (exact) mass is 216 g/mol. The number of aliphatic carboxylic acids is 1. The number of nitrogens with zero attached hydrogens (tertiary/aromatic N) is 1. The number of para-hydroxylation sites is 1. The SMILES string of the molecule is O=C(O)CCN=Cc1c[nH]c2ccccc12. The van der Waals surface area contributed by atoms with Crippen LogP contribution in [0.2, 0.25) is 0 Å². The summed E-state index contributed by atoms with van der Waals surface area (Å²) >= 11 is 0. The van der Waals surface area contributed by atoms with Crippen molar-refractivity contribution >= 4 is 23.1 Å². The third-order valence-electron chi connectivity index (χ3n) is 2.31. The topological polar surface area (TPSA) is 65.4 Å². The zero-order valence-electron chi connectivity index (χ0n) is 8.68. The van der Waals surface area contributed by atoms with Gasteiger partial charge in [0.2, 0.25) is 0 Å².